The van der Waals surface area contributed by atoms with Gasteiger partial charge in [-0.05, 0) is 39.3 Å². The van der Waals surface area contributed by atoms with Crippen molar-refractivity contribution in [2.24, 2.45) is 0 Å². The Bertz CT molecular complexity index is 97.7. The highest BCUT2D eigenvalue weighted by Gasteiger charge is 2.16. The fourth-order valence-corrected chi connectivity index (χ4v) is 1.63. The number of nitrogens with zero attached hydrogens (tertiary/aromatic N) is 2. The molecule has 1 fully saturated rings. The molecule has 1 radical (unpaired) electrons. The Morgan fingerprint density at radius 1 is 1.45 bits per heavy atom. The monoisotopic (exact) mass is 155 g/mol. The minimum Gasteiger partial charge on any atom is -0.290 e. The van der Waals surface area contributed by atoms with E-state index in [0.29, 0.717) is 6.17 Å². The molecular formula is C9H19N2. The maximum atomic E-state index is 4.57. The average molecular weight is 155 g/mol. The molecule has 65 valence electrons. The van der Waals surface area contributed by atoms with E-state index < -0.39 is 0 Å². The first-order valence-corrected chi connectivity index (χ1v) is 4.71. The lowest BCUT2D eigenvalue weighted by Crippen LogP contribution is -2.42. The van der Waals surface area contributed by atoms with Crippen LogP contribution < -0.4 is 5.32 Å². The highest BCUT2D eigenvalue weighted by atomic mass is 15.2. The predicted molar refractivity (Wildman–Crippen MR) is 47.6 cm³/mol. The van der Waals surface area contributed by atoms with E-state index in [-0.39, 0.29) is 0 Å². The number of hydrogen-bond acceptors (Lipinski definition) is 1. The number of hydrogen-bond donors (Lipinski definition) is 0. The minimum atomic E-state index is 0.531. The maximum Gasteiger partial charge on any atom is 0.0758 e. The molecule has 0 N–H and O–H groups in total. The molecule has 0 aromatic carbocycles. The van der Waals surface area contributed by atoms with Gasteiger partial charge in [0.1, 0.15) is 0 Å². The second-order valence-corrected chi connectivity index (χ2v) is 3.36. The molecule has 2 nitrogen and oxygen atoms in total. The third kappa shape index (κ3) is 2.80. The molecule has 11 heavy (non-hydrogen) atoms. The van der Waals surface area contributed by atoms with Gasteiger partial charge in [0.25, 0.3) is 0 Å². The van der Waals surface area contributed by atoms with Crippen molar-refractivity contribution in [1.82, 2.24) is 10.2 Å². The summed E-state index contributed by atoms with van der Waals surface area (Å²) in [6.07, 6.45) is 5.71. The zero-order valence-corrected chi connectivity index (χ0v) is 7.71. The third-order valence-electron chi connectivity index (χ3n) is 2.30. The van der Waals surface area contributed by atoms with E-state index in [1.54, 1.807) is 0 Å². The summed E-state index contributed by atoms with van der Waals surface area (Å²) in [5.41, 5.74) is 0. The second kappa shape index (κ2) is 4.73. The van der Waals surface area contributed by atoms with Gasteiger partial charge in [-0.15, -0.1) is 0 Å². The van der Waals surface area contributed by atoms with Crippen LogP contribution in [0, 0.1) is 0 Å². The molecular weight excluding hydrogens is 136 g/mol. The van der Waals surface area contributed by atoms with Crippen LogP contribution in [0.15, 0.2) is 0 Å². The lowest BCUT2D eigenvalue weighted by Gasteiger charge is -2.30. The second-order valence-electron chi connectivity index (χ2n) is 3.36. The molecule has 2 heteroatoms. The molecule has 1 atom stereocenters. The maximum absolute atomic E-state index is 4.57. The molecule has 0 saturated carbocycles. The first-order chi connectivity index (χ1) is 5.34. The smallest absolute Gasteiger partial charge is 0.0758 e. The van der Waals surface area contributed by atoms with Crippen LogP contribution in [-0.4, -0.2) is 31.2 Å². The van der Waals surface area contributed by atoms with Gasteiger partial charge in [-0.25, -0.2) is 5.32 Å². The van der Waals surface area contributed by atoms with Gasteiger partial charge in [-0.2, -0.15) is 0 Å². The summed E-state index contributed by atoms with van der Waals surface area (Å²) in [6, 6.07) is 0. The molecule has 1 heterocycles. The first kappa shape index (κ1) is 9.01. The molecule has 1 saturated heterocycles. The Morgan fingerprint density at radius 3 is 2.82 bits per heavy atom. The van der Waals surface area contributed by atoms with Crippen LogP contribution in [0.4, 0.5) is 0 Å². The molecule has 0 bridgehead atoms. The Morgan fingerprint density at radius 2 is 2.27 bits per heavy atom. The van der Waals surface area contributed by atoms with E-state index in [1.807, 2.05) is 0 Å². The van der Waals surface area contributed by atoms with Crippen LogP contribution in [0.3, 0.4) is 0 Å². The zero-order valence-electron chi connectivity index (χ0n) is 7.71. The van der Waals surface area contributed by atoms with Gasteiger partial charge in [0.15, 0.2) is 0 Å². The molecule has 1 unspecified atom stereocenters. The van der Waals surface area contributed by atoms with E-state index in [2.05, 4.69) is 24.2 Å². The normalized spacial score (nSPS) is 25.9. The summed E-state index contributed by atoms with van der Waals surface area (Å²) in [5, 5.41) is 4.57. The topological polar surface area (TPSA) is 17.3 Å². The molecule has 0 aromatic heterocycles. The molecule has 0 amide bonds. The number of rotatable bonds is 3. The van der Waals surface area contributed by atoms with Crippen molar-refractivity contribution in [2.75, 3.05) is 20.1 Å². The zero-order chi connectivity index (χ0) is 8.10. The average Bonchev–Trinajstić information content (AvgIpc) is 2.07. The van der Waals surface area contributed by atoms with E-state index in [1.165, 1.54) is 32.2 Å². The fourth-order valence-electron chi connectivity index (χ4n) is 1.63. The molecule has 0 aromatic rings. The van der Waals surface area contributed by atoms with Crippen LogP contribution >= 0.6 is 0 Å². The Balaban J connectivity index is 2.21. The van der Waals surface area contributed by atoms with E-state index in [9.17, 15) is 0 Å². The van der Waals surface area contributed by atoms with Gasteiger partial charge in [-0.1, -0.05) is 6.92 Å². The lowest BCUT2D eigenvalue weighted by atomic mass is 10.1. The highest BCUT2D eigenvalue weighted by Crippen LogP contribution is 2.11. The largest absolute Gasteiger partial charge is 0.290 e. The van der Waals surface area contributed by atoms with Gasteiger partial charge < -0.3 is 0 Å². The van der Waals surface area contributed by atoms with Crippen molar-refractivity contribution >= 4 is 0 Å². The summed E-state index contributed by atoms with van der Waals surface area (Å²) in [4.78, 5) is 2.37. The summed E-state index contributed by atoms with van der Waals surface area (Å²) >= 11 is 0. The standard InChI is InChI=1S/C9H19N2/c1-3-8-11(2)9-6-4-5-7-10-9/h9H,3-8H2,1-2H3. The van der Waals surface area contributed by atoms with Crippen molar-refractivity contribution in [3.8, 4) is 0 Å². The summed E-state index contributed by atoms with van der Waals surface area (Å²) in [6.45, 7) is 4.49. The van der Waals surface area contributed by atoms with Gasteiger partial charge in [-0.3, -0.25) is 4.90 Å². The summed E-state index contributed by atoms with van der Waals surface area (Å²) < 4.78 is 0. The van der Waals surface area contributed by atoms with Crippen LogP contribution in [0.25, 0.3) is 0 Å². The van der Waals surface area contributed by atoms with E-state index in [0.717, 1.165) is 6.54 Å². The van der Waals surface area contributed by atoms with Gasteiger partial charge in [0.05, 0.1) is 6.17 Å². The summed E-state index contributed by atoms with van der Waals surface area (Å²) in [5.74, 6) is 0. The predicted octanol–water partition coefficient (Wildman–Crippen LogP) is 1.44. The molecule has 0 aliphatic carbocycles. The van der Waals surface area contributed by atoms with Crippen molar-refractivity contribution in [1.29, 1.82) is 0 Å². The van der Waals surface area contributed by atoms with Crippen LogP contribution in [0.1, 0.15) is 32.6 Å². The van der Waals surface area contributed by atoms with Crippen LogP contribution in [0.2, 0.25) is 0 Å². The van der Waals surface area contributed by atoms with Gasteiger partial charge in [0.2, 0.25) is 0 Å². The van der Waals surface area contributed by atoms with Crippen molar-refractivity contribution in [3.05, 3.63) is 0 Å². The van der Waals surface area contributed by atoms with Gasteiger partial charge in [0, 0.05) is 6.54 Å². The number of piperidine rings is 1. The molecule has 1 rings (SSSR count). The van der Waals surface area contributed by atoms with Crippen LogP contribution in [0.5, 0.6) is 0 Å². The van der Waals surface area contributed by atoms with E-state index >= 15 is 0 Å². The van der Waals surface area contributed by atoms with Crippen LogP contribution in [-0.2, 0) is 0 Å². The fraction of sp³-hybridized carbons (Fsp3) is 1.00. The van der Waals surface area contributed by atoms with Crippen molar-refractivity contribution in [2.45, 2.75) is 38.8 Å². The molecule has 1 aliphatic rings. The Kier molecular flexibility index (Phi) is 3.87. The SMILES string of the molecule is CCCN(C)C1CCCC[N]1. The lowest BCUT2D eigenvalue weighted by molar-refractivity contribution is 0.166. The van der Waals surface area contributed by atoms with Gasteiger partial charge >= 0.3 is 0 Å². The molecule has 0 spiro atoms. The first-order valence-electron chi connectivity index (χ1n) is 4.71. The van der Waals surface area contributed by atoms with E-state index in [4.69, 9.17) is 0 Å². The quantitative estimate of drug-likeness (QED) is 0.603. The summed E-state index contributed by atoms with van der Waals surface area (Å²) in [7, 11) is 2.18. The Hall–Kier alpha value is -0.0800. The third-order valence-corrected chi connectivity index (χ3v) is 2.30. The van der Waals surface area contributed by atoms with Crippen molar-refractivity contribution < 1.29 is 0 Å². The minimum absolute atomic E-state index is 0.531. The highest BCUT2D eigenvalue weighted by molar-refractivity contribution is 4.70. The Labute approximate surface area is 70.0 Å². The van der Waals surface area contributed by atoms with Crippen molar-refractivity contribution in [3.63, 3.8) is 0 Å². The molecule has 1 aliphatic heterocycles.